The Labute approximate surface area is 124 Å². The molecule has 1 fully saturated rings. The van der Waals surface area contributed by atoms with Crippen molar-refractivity contribution >= 4 is 21.8 Å². The quantitative estimate of drug-likeness (QED) is 0.752. The van der Waals surface area contributed by atoms with Crippen LogP contribution in [-0.2, 0) is 0 Å². The molecule has 1 heterocycles. The van der Waals surface area contributed by atoms with Crippen molar-refractivity contribution in [2.75, 3.05) is 13.1 Å². The molecule has 1 aromatic carbocycles. The van der Waals surface area contributed by atoms with Crippen molar-refractivity contribution in [3.05, 3.63) is 34.3 Å². The van der Waals surface area contributed by atoms with E-state index < -0.39 is 0 Å². The zero-order chi connectivity index (χ0) is 14.0. The summed E-state index contributed by atoms with van der Waals surface area (Å²) in [5, 5.41) is 0. The molecule has 1 aliphatic rings. The average molecular weight is 324 g/mol. The molecule has 3 heteroatoms. The van der Waals surface area contributed by atoms with Crippen LogP contribution in [-0.4, -0.2) is 23.9 Å². The maximum atomic E-state index is 12.4. The second-order valence-electron chi connectivity index (χ2n) is 6.44. The second kappa shape index (κ2) is 5.66. The zero-order valence-electron chi connectivity index (χ0n) is 11.9. The number of amides is 1. The summed E-state index contributed by atoms with van der Waals surface area (Å²) in [6.45, 7) is 8.65. The van der Waals surface area contributed by atoms with Gasteiger partial charge < -0.3 is 4.90 Å². The minimum atomic E-state index is 0.161. The van der Waals surface area contributed by atoms with Crippen LogP contribution in [0.1, 0.15) is 44.0 Å². The highest BCUT2D eigenvalue weighted by molar-refractivity contribution is 9.10. The maximum absolute atomic E-state index is 12.4. The lowest BCUT2D eigenvalue weighted by molar-refractivity contribution is 0.0608. The molecule has 0 aromatic heterocycles. The molecule has 2 rings (SSSR count). The van der Waals surface area contributed by atoms with Gasteiger partial charge >= 0.3 is 0 Å². The first-order chi connectivity index (χ1) is 8.88. The van der Waals surface area contributed by atoms with Gasteiger partial charge in [0.25, 0.3) is 5.91 Å². The molecule has 0 aliphatic carbocycles. The number of benzene rings is 1. The average Bonchev–Trinajstić information content (AvgIpc) is 2.37. The Balaban J connectivity index is 2.00. The SMILES string of the molecule is CC(C)(C)C1CCN(C(=O)c2cccc(Br)c2)CC1. The van der Waals surface area contributed by atoms with Gasteiger partial charge in [-0.25, -0.2) is 0 Å². The maximum Gasteiger partial charge on any atom is 0.253 e. The van der Waals surface area contributed by atoms with Crippen molar-refractivity contribution in [1.29, 1.82) is 0 Å². The molecule has 104 valence electrons. The van der Waals surface area contributed by atoms with E-state index in [1.165, 1.54) is 0 Å². The highest BCUT2D eigenvalue weighted by Crippen LogP contribution is 2.34. The molecule has 1 aliphatic heterocycles. The van der Waals surface area contributed by atoms with Crippen molar-refractivity contribution in [1.82, 2.24) is 4.90 Å². The van der Waals surface area contributed by atoms with E-state index in [-0.39, 0.29) is 5.91 Å². The molecule has 0 radical (unpaired) electrons. The Bertz CT molecular complexity index is 456. The van der Waals surface area contributed by atoms with Gasteiger partial charge in [-0.05, 0) is 42.4 Å². The number of rotatable bonds is 1. The van der Waals surface area contributed by atoms with Crippen LogP contribution in [0.4, 0.5) is 0 Å². The minimum Gasteiger partial charge on any atom is -0.339 e. The predicted molar refractivity (Wildman–Crippen MR) is 82.2 cm³/mol. The van der Waals surface area contributed by atoms with Crippen LogP contribution in [0.25, 0.3) is 0 Å². The molecule has 1 saturated heterocycles. The standard InChI is InChI=1S/C16H22BrNO/c1-16(2,3)13-7-9-18(10-8-13)15(19)12-5-4-6-14(17)11-12/h4-6,11,13H,7-10H2,1-3H3. The van der Waals surface area contributed by atoms with Crippen LogP contribution in [0.5, 0.6) is 0 Å². The van der Waals surface area contributed by atoms with E-state index in [4.69, 9.17) is 0 Å². The van der Waals surface area contributed by atoms with E-state index in [0.717, 1.165) is 41.9 Å². The number of halogens is 1. The van der Waals surface area contributed by atoms with Crippen LogP contribution in [0.15, 0.2) is 28.7 Å². The normalized spacial score (nSPS) is 17.6. The van der Waals surface area contributed by atoms with Crippen LogP contribution in [0.3, 0.4) is 0 Å². The van der Waals surface area contributed by atoms with Crippen molar-refractivity contribution in [3.8, 4) is 0 Å². The Morgan fingerprint density at radius 2 is 1.89 bits per heavy atom. The molecular weight excluding hydrogens is 302 g/mol. The number of hydrogen-bond acceptors (Lipinski definition) is 1. The van der Waals surface area contributed by atoms with E-state index in [9.17, 15) is 4.79 Å². The summed E-state index contributed by atoms with van der Waals surface area (Å²) in [6, 6.07) is 7.66. The monoisotopic (exact) mass is 323 g/mol. The molecule has 2 nitrogen and oxygen atoms in total. The summed E-state index contributed by atoms with van der Waals surface area (Å²) < 4.78 is 0.961. The Morgan fingerprint density at radius 3 is 2.42 bits per heavy atom. The zero-order valence-corrected chi connectivity index (χ0v) is 13.5. The fraction of sp³-hybridized carbons (Fsp3) is 0.562. The molecule has 0 bridgehead atoms. The largest absolute Gasteiger partial charge is 0.339 e. The van der Waals surface area contributed by atoms with E-state index in [0.29, 0.717) is 5.41 Å². The summed E-state index contributed by atoms with van der Waals surface area (Å²) in [6.07, 6.45) is 2.23. The highest BCUT2D eigenvalue weighted by Gasteiger charge is 2.30. The fourth-order valence-corrected chi connectivity index (χ4v) is 3.15. The van der Waals surface area contributed by atoms with Crippen LogP contribution in [0, 0.1) is 11.3 Å². The Morgan fingerprint density at radius 1 is 1.26 bits per heavy atom. The van der Waals surface area contributed by atoms with E-state index in [1.54, 1.807) is 0 Å². The number of piperidine rings is 1. The van der Waals surface area contributed by atoms with Gasteiger partial charge in [0.1, 0.15) is 0 Å². The van der Waals surface area contributed by atoms with E-state index in [2.05, 4.69) is 36.7 Å². The summed E-state index contributed by atoms with van der Waals surface area (Å²) in [5.74, 6) is 0.882. The number of likely N-dealkylation sites (tertiary alicyclic amines) is 1. The topological polar surface area (TPSA) is 20.3 Å². The summed E-state index contributed by atoms with van der Waals surface area (Å²) >= 11 is 3.42. The second-order valence-corrected chi connectivity index (χ2v) is 7.36. The van der Waals surface area contributed by atoms with E-state index >= 15 is 0 Å². The molecular formula is C16H22BrNO. The molecule has 0 unspecified atom stereocenters. The van der Waals surface area contributed by atoms with Gasteiger partial charge in [-0.2, -0.15) is 0 Å². The summed E-state index contributed by atoms with van der Waals surface area (Å²) in [7, 11) is 0. The van der Waals surface area contributed by atoms with Crippen LogP contribution >= 0.6 is 15.9 Å². The number of carbonyl (C=O) groups excluding carboxylic acids is 1. The van der Waals surface area contributed by atoms with E-state index in [1.807, 2.05) is 29.2 Å². The first-order valence-electron chi connectivity index (χ1n) is 6.93. The summed E-state index contributed by atoms with van der Waals surface area (Å²) in [5.41, 5.74) is 1.13. The number of hydrogen-bond donors (Lipinski definition) is 0. The van der Waals surface area contributed by atoms with Gasteiger partial charge in [-0.3, -0.25) is 4.79 Å². The third-order valence-electron chi connectivity index (χ3n) is 4.08. The van der Waals surface area contributed by atoms with Crippen LogP contribution in [0.2, 0.25) is 0 Å². The highest BCUT2D eigenvalue weighted by atomic mass is 79.9. The van der Waals surface area contributed by atoms with Crippen molar-refractivity contribution < 1.29 is 4.79 Å². The lowest BCUT2D eigenvalue weighted by Gasteiger charge is -2.38. The lowest BCUT2D eigenvalue weighted by Crippen LogP contribution is -2.41. The molecule has 1 amide bonds. The van der Waals surface area contributed by atoms with Gasteiger partial charge in [-0.15, -0.1) is 0 Å². The van der Waals surface area contributed by atoms with Crippen molar-refractivity contribution in [2.45, 2.75) is 33.6 Å². The molecule has 19 heavy (non-hydrogen) atoms. The van der Waals surface area contributed by atoms with Crippen LogP contribution < -0.4 is 0 Å². The predicted octanol–water partition coefficient (Wildman–Crippen LogP) is 4.35. The van der Waals surface area contributed by atoms with Gasteiger partial charge in [0.05, 0.1) is 0 Å². The van der Waals surface area contributed by atoms with Crippen molar-refractivity contribution in [3.63, 3.8) is 0 Å². The third-order valence-corrected chi connectivity index (χ3v) is 4.57. The summed E-state index contributed by atoms with van der Waals surface area (Å²) in [4.78, 5) is 14.4. The minimum absolute atomic E-state index is 0.161. The number of carbonyl (C=O) groups is 1. The molecule has 0 saturated carbocycles. The third kappa shape index (κ3) is 3.59. The molecule has 0 spiro atoms. The Kier molecular flexibility index (Phi) is 4.34. The number of nitrogens with zero attached hydrogens (tertiary/aromatic N) is 1. The Hall–Kier alpha value is -0.830. The van der Waals surface area contributed by atoms with Gasteiger partial charge in [-0.1, -0.05) is 42.8 Å². The fourth-order valence-electron chi connectivity index (χ4n) is 2.75. The van der Waals surface area contributed by atoms with Gasteiger partial charge in [0, 0.05) is 23.1 Å². The van der Waals surface area contributed by atoms with Crippen molar-refractivity contribution in [2.24, 2.45) is 11.3 Å². The molecule has 0 N–H and O–H groups in total. The van der Waals surface area contributed by atoms with Gasteiger partial charge in [0.2, 0.25) is 0 Å². The molecule has 0 atom stereocenters. The first kappa shape index (κ1) is 14.6. The molecule has 1 aromatic rings. The lowest BCUT2D eigenvalue weighted by atomic mass is 9.75. The smallest absolute Gasteiger partial charge is 0.253 e. The van der Waals surface area contributed by atoms with Gasteiger partial charge in [0.15, 0.2) is 0 Å². The first-order valence-corrected chi connectivity index (χ1v) is 7.72.